The molecule has 0 saturated carbocycles. The number of carbonyl (C=O) groups is 6. The monoisotopic (exact) mass is 892 g/mol. The number of hydrogen-bond donors (Lipinski definition) is 0. The number of alkyl halides is 6. The van der Waals surface area contributed by atoms with Crippen molar-refractivity contribution in [2.75, 3.05) is 0 Å². The zero-order chi connectivity index (χ0) is 41.6. The SMILES string of the molecule is CCCCCCc1cc(-c2cc3c(s2)C(=O)C(F)(F)C3=O)sc1-c1sc(-c2sc(-c3cc4c(s3)C(=O)C(F)(F)C4=O)cc2CCCCCC)c2c1C(=O)C(F)(F)C2=O. The third-order valence-corrected chi connectivity index (χ3v) is 17.1. The van der Waals surface area contributed by atoms with Crippen molar-refractivity contribution in [3.05, 3.63) is 67.4 Å². The minimum absolute atomic E-state index is 0.130. The molecule has 302 valence electrons. The Balaban J connectivity index is 1.28. The van der Waals surface area contributed by atoms with Gasteiger partial charge in [0, 0.05) is 40.4 Å². The van der Waals surface area contributed by atoms with Crippen molar-refractivity contribution in [1.29, 1.82) is 0 Å². The molecule has 0 bridgehead atoms. The fourth-order valence-electron chi connectivity index (χ4n) is 7.47. The molecule has 3 aliphatic carbocycles. The molecule has 0 unspecified atom stereocenters. The number of hydrogen-bond acceptors (Lipinski definition) is 11. The highest BCUT2D eigenvalue weighted by Crippen LogP contribution is 2.56. The summed E-state index contributed by atoms with van der Waals surface area (Å²) in [5.74, 6) is -22.3. The topological polar surface area (TPSA) is 102 Å². The van der Waals surface area contributed by atoms with Crippen molar-refractivity contribution >= 4 is 91.4 Å². The Bertz CT molecular complexity index is 2370. The first-order valence-electron chi connectivity index (χ1n) is 18.6. The van der Waals surface area contributed by atoms with Crippen LogP contribution in [0.4, 0.5) is 26.3 Å². The molecule has 5 heterocycles. The Morgan fingerprint density at radius 3 is 1.10 bits per heavy atom. The Hall–Kier alpha value is -3.90. The van der Waals surface area contributed by atoms with Gasteiger partial charge in [0.1, 0.15) is 0 Å². The molecule has 3 aliphatic rings. The number of fused-ring (bicyclic) bond motifs is 3. The minimum atomic E-state index is -4.36. The Morgan fingerprint density at radius 1 is 0.397 bits per heavy atom. The molecule has 5 aromatic rings. The molecule has 0 atom stereocenters. The molecule has 0 N–H and O–H groups in total. The van der Waals surface area contributed by atoms with Gasteiger partial charge >= 0.3 is 17.8 Å². The van der Waals surface area contributed by atoms with Crippen LogP contribution in [0.2, 0.25) is 0 Å². The molecule has 0 spiro atoms. The Morgan fingerprint density at radius 2 is 0.741 bits per heavy atom. The second-order valence-electron chi connectivity index (χ2n) is 14.5. The van der Waals surface area contributed by atoms with E-state index in [1.54, 1.807) is 12.1 Å². The molecular weight excluding hydrogens is 863 g/mol. The summed E-state index contributed by atoms with van der Waals surface area (Å²) in [6, 6.07) is 5.95. The van der Waals surface area contributed by atoms with Gasteiger partial charge in [0.2, 0.25) is 23.1 Å². The largest absolute Gasteiger partial charge is 0.372 e. The lowest BCUT2D eigenvalue weighted by Gasteiger charge is -2.08. The lowest BCUT2D eigenvalue weighted by atomic mass is 10.0. The molecule has 5 aromatic heterocycles. The highest BCUT2D eigenvalue weighted by atomic mass is 32.1. The average Bonchev–Trinajstić information content (AvgIpc) is 4.06. The molecule has 0 saturated heterocycles. The molecular formula is C41H30F6O6S5. The van der Waals surface area contributed by atoms with Gasteiger partial charge in [0.25, 0.3) is 11.6 Å². The highest BCUT2D eigenvalue weighted by molar-refractivity contribution is 7.30. The maximum absolute atomic E-state index is 15.6. The van der Waals surface area contributed by atoms with E-state index in [1.807, 2.05) is 13.8 Å². The molecule has 0 amide bonds. The van der Waals surface area contributed by atoms with Crippen molar-refractivity contribution in [3.8, 4) is 39.0 Å². The van der Waals surface area contributed by atoms with Gasteiger partial charge in [0.15, 0.2) is 0 Å². The number of rotatable bonds is 14. The number of carbonyl (C=O) groups excluding carboxylic acids is 6. The van der Waals surface area contributed by atoms with Gasteiger partial charge in [-0.3, -0.25) is 28.8 Å². The van der Waals surface area contributed by atoms with Crippen LogP contribution in [0, 0.1) is 0 Å². The van der Waals surface area contributed by atoms with Gasteiger partial charge in [0.05, 0.1) is 30.6 Å². The van der Waals surface area contributed by atoms with Crippen LogP contribution in [0.1, 0.15) is 137 Å². The maximum atomic E-state index is 15.6. The normalized spacial score (nSPS) is 17.6. The quantitative estimate of drug-likeness (QED) is 0.0625. The summed E-state index contributed by atoms with van der Waals surface area (Å²) in [4.78, 5) is 78.8. The number of thiophene rings is 5. The average molecular weight is 893 g/mol. The number of halogens is 6. The van der Waals surface area contributed by atoms with E-state index in [4.69, 9.17) is 0 Å². The van der Waals surface area contributed by atoms with E-state index in [2.05, 4.69) is 0 Å². The number of unbranched alkanes of at least 4 members (excludes halogenated alkanes) is 6. The van der Waals surface area contributed by atoms with Gasteiger partial charge in [-0.15, -0.1) is 56.7 Å². The van der Waals surface area contributed by atoms with Gasteiger partial charge < -0.3 is 0 Å². The molecule has 8 rings (SSSR count). The summed E-state index contributed by atoms with van der Waals surface area (Å²) in [5.41, 5.74) is -0.344. The molecule has 0 fully saturated rings. The van der Waals surface area contributed by atoms with Crippen LogP contribution < -0.4 is 0 Å². The van der Waals surface area contributed by atoms with Crippen LogP contribution in [0.3, 0.4) is 0 Å². The molecule has 0 aliphatic heterocycles. The van der Waals surface area contributed by atoms with Gasteiger partial charge in [-0.2, -0.15) is 26.3 Å². The van der Waals surface area contributed by atoms with Crippen molar-refractivity contribution in [2.45, 2.75) is 95.8 Å². The van der Waals surface area contributed by atoms with Crippen LogP contribution in [0.5, 0.6) is 0 Å². The van der Waals surface area contributed by atoms with Crippen LogP contribution >= 0.6 is 56.7 Å². The van der Waals surface area contributed by atoms with E-state index in [-0.39, 0.29) is 19.5 Å². The summed E-state index contributed by atoms with van der Waals surface area (Å²) in [6.07, 6.45) is 7.60. The summed E-state index contributed by atoms with van der Waals surface area (Å²) in [7, 11) is 0. The van der Waals surface area contributed by atoms with Crippen LogP contribution in [0.25, 0.3) is 39.0 Å². The van der Waals surface area contributed by atoms with Crippen molar-refractivity contribution in [1.82, 2.24) is 0 Å². The molecule has 0 aromatic carbocycles. The van der Waals surface area contributed by atoms with Gasteiger partial charge in [-0.05, 0) is 61.1 Å². The van der Waals surface area contributed by atoms with Crippen LogP contribution in [0.15, 0.2) is 24.3 Å². The van der Waals surface area contributed by atoms with Crippen molar-refractivity contribution < 1.29 is 55.1 Å². The summed E-state index contributed by atoms with van der Waals surface area (Å²) < 4.78 is 88.2. The molecule has 17 heteroatoms. The first kappa shape index (κ1) is 40.9. The third-order valence-electron chi connectivity index (χ3n) is 10.6. The second-order valence-corrected chi connectivity index (χ2v) is 19.7. The molecule has 6 nitrogen and oxygen atoms in total. The van der Waals surface area contributed by atoms with E-state index in [0.717, 1.165) is 95.2 Å². The predicted molar refractivity (Wildman–Crippen MR) is 214 cm³/mol. The van der Waals surface area contributed by atoms with E-state index < -0.39 is 74.7 Å². The van der Waals surface area contributed by atoms with Crippen LogP contribution in [-0.4, -0.2) is 52.5 Å². The fourth-order valence-corrected chi connectivity index (χ4v) is 13.9. The summed E-state index contributed by atoms with van der Waals surface area (Å²) >= 11 is 4.63. The lowest BCUT2D eigenvalue weighted by Crippen LogP contribution is -2.30. The third kappa shape index (κ3) is 6.20. The van der Waals surface area contributed by atoms with Gasteiger partial charge in [-0.25, -0.2) is 0 Å². The first-order chi connectivity index (χ1) is 27.4. The molecule has 58 heavy (non-hydrogen) atoms. The Labute approximate surface area is 346 Å². The summed E-state index contributed by atoms with van der Waals surface area (Å²) in [5, 5.41) is 0. The second kappa shape index (κ2) is 14.7. The van der Waals surface area contributed by atoms with Gasteiger partial charge in [-0.1, -0.05) is 52.4 Å². The Kier molecular flexibility index (Phi) is 10.3. The first-order valence-corrected chi connectivity index (χ1v) is 22.7. The smallest absolute Gasteiger partial charge is 0.287 e. The highest BCUT2D eigenvalue weighted by Gasteiger charge is 2.60. The standard InChI is InChI=1S/C41H30F6O6S5/c1-3-5-7-9-11-17-13-21(23-15-19-29(56-23)37(52)39(42,43)33(19)48)54-27(17)31-25-26(36(51)41(46,47)35(25)50)32(58-31)28-18(12-10-8-6-4-2)14-22(55-28)24-16-20-30(57-24)38(53)40(44,45)34(20)49/h13-16H,3-12H2,1-2H3. The van der Waals surface area contributed by atoms with E-state index in [9.17, 15) is 46.3 Å². The zero-order valence-electron chi connectivity index (χ0n) is 30.6. The number of ketones is 6. The number of aryl methyl sites for hydroxylation is 2. The van der Waals surface area contributed by atoms with Crippen molar-refractivity contribution in [2.24, 2.45) is 0 Å². The zero-order valence-corrected chi connectivity index (χ0v) is 34.7. The molecule has 0 radical (unpaired) electrons. The lowest BCUT2D eigenvalue weighted by molar-refractivity contribution is 0.0187. The maximum Gasteiger partial charge on any atom is 0.372 e. The predicted octanol–water partition coefficient (Wildman–Crippen LogP) is 13.0. The van der Waals surface area contributed by atoms with Crippen LogP contribution in [-0.2, 0) is 12.8 Å². The van der Waals surface area contributed by atoms with E-state index in [0.29, 0.717) is 66.1 Å². The fraction of sp³-hybridized carbons (Fsp3) is 0.366. The van der Waals surface area contributed by atoms with Crippen molar-refractivity contribution in [3.63, 3.8) is 0 Å². The number of Topliss-reactive ketones (excluding diaryl/α,β-unsaturated/α-hetero) is 6. The summed E-state index contributed by atoms with van der Waals surface area (Å²) in [6.45, 7) is 4.07. The minimum Gasteiger partial charge on any atom is -0.287 e. The van der Waals surface area contributed by atoms with E-state index >= 15 is 8.78 Å². The van der Waals surface area contributed by atoms with E-state index in [1.165, 1.54) is 12.1 Å².